The smallest absolute Gasteiger partial charge is 0.0897 e. The summed E-state index contributed by atoms with van der Waals surface area (Å²) in [5.74, 6) is 0. The molecule has 1 aromatic rings. The van der Waals surface area contributed by atoms with Crippen molar-refractivity contribution in [2.24, 2.45) is 0 Å². The van der Waals surface area contributed by atoms with Gasteiger partial charge in [0.25, 0.3) is 0 Å². The van der Waals surface area contributed by atoms with E-state index in [0.717, 1.165) is 13.1 Å². The molecular weight excluding hydrogens is 284 g/mol. The number of rotatable bonds is 11. The van der Waals surface area contributed by atoms with Gasteiger partial charge in [-0.2, -0.15) is 0 Å². The van der Waals surface area contributed by atoms with Crippen LogP contribution in [0, 0.1) is 0 Å². The first-order chi connectivity index (χ1) is 10.0. The molecule has 0 bridgehead atoms. The molecule has 122 valence electrons. The second kappa shape index (κ2) is 10.3. The minimum absolute atomic E-state index is 0.378. The molecule has 1 unspecified atom stereocenters. The Balaban J connectivity index is 2.06. The van der Waals surface area contributed by atoms with Crippen LogP contribution in [-0.4, -0.2) is 54.4 Å². The molecule has 1 heterocycles. The van der Waals surface area contributed by atoms with Crippen molar-refractivity contribution >= 4 is 11.3 Å². The Morgan fingerprint density at radius 1 is 1.29 bits per heavy atom. The Hall–Kier alpha value is -0.460. The summed E-state index contributed by atoms with van der Waals surface area (Å²) >= 11 is 1.68. The highest BCUT2D eigenvalue weighted by Crippen LogP contribution is 2.09. The zero-order chi connectivity index (χ0) is 15.7. The van der Waals surface area contributed by atoms with Gasteiger partial charge >= 0.3 is 0 Å². The van der Waals surface area contributed by atoms with Crippen LogP contribution in [0.2, 0.25) is 0 Å². The van der Waals surface area contributed by atoms with Gasteiger partial charge in [-0.05, 0) is 39.1 Å². The molecule has 1 atom stereocenters. The van der Waals surface area contributed by atoms with E-state index in [4.69, 9.17) is 4.74 Å². The van der Waals surface area contributed by atoms with Crippen LogP contribution in [0.4, 0.5) is 0 Å². The maximum absolute atomic E-state index is 9.86. The highest BCUT2D eigenvalue weighted by Gasteiger charge is 2.12. The van der Waals surface area contributed by atoms with Gasteiger partial charge in [-0.1, -0.05) is 6.07 Å². The molecule has 21 heavy (non-hydrogen) atoms. The Bertz CT molecular complexity index is 347. The van der Waals surface area contributed by atoms with Crippen LogP contribution >= 0.6 is 11.3 Å². The van der Waals surface area contributed by atoms with E-state index in [2.05, 4.69) is 37.9 Å². The minimum atomic E-state index is -0.448. The fourth-order valence-corrected chi connectivity index (χ4v) is 2.98. The topological polar surface area (TPSA) is 44.7 Å². The molecule has 1 aromatic heterocycles. The van der Waals surface area contributed by atoms with Crippen molar-refractivity contribution in [1.82, 2.24) is 10.2 Å². The van der Waals surface area contributed by atoms with Crippen LogP contribution in [0.15, 0.2) is 17.5 Å². The van der Waals surface area contributed by atoms with Crippen LogP contribution in [0.1, 0.15) is 32.6 Å². The summed E-state index contributed by atoms with van der Waals surface area (Å²) in [6, 6.07) is 5.15. The normalized spacial score (nSPS) is 13.5. The summed E-state index contributed by atoms with van der Waals surface area (Å²) in [5, 5.41) is 15.2. The monoisotopic (exact) mass is 314 g/mol. The molecule has 4 nitrogen and oxygen atoms in total. The van der Waals surface area contributed by atoms with Crippen LogP contribution in [-0.2, 0) is 11.3 Å². The second-order valence-corrected chi connectivity index (χ2v) is 6.91. The number of hydrogen-bond acceptors (Lipinski definition) is 5. The van der Waals surface area contributed by atoms with Gasteiger partial charge in [0, 0.05) is 36.6 Å². The Kier molecular flexibility index (Phi) is 9.11. The van der Waals surface area contributed by atoms with Gasteiger partial charge < -0.3 is 15.2 Å². The fourth-order valence-electron chi connectivity index (χ4n) is 2.34. The first kappa shape index (κ1) is 18.6. The number of nitrogens with one attached hydrogen (secondary N) is 1. The Labute approximate surface area is 133 Å². The predicted octanol–water partition coefficient (Wildman–Crippen LogP) is 2.33. The molecule has 5 heteroatoms. The van der Waals surface area contributed by atoms with Crippen molar-refractivity contribution in [3.63, 3.8) is 0 Å². The summed E-state index contributed by atoms with van der Waals surface area (Å²) in [7, 11) is 0. The summed E-state index contributed by atoms with van der Waals surface area (Å²) in [5.41, 5.74) is 0. The van der Waals surface area contributed by atoms with Crippen LogP contribution in [0.3, 0.4) is 0 Å². The van der Waals surface area contributed by atoms with E-state index in [1.54, 1.807) is 11.3 Å². The lowest BCUT2D eigenvalue weighted by molar-refractivity contribution is 0.0294. The molecule has 0 saturated carbocycles. The molecule has 0 saturated heterocycles. The lowest BCUT2D eigenvalue weighted by atomic mass is 10.2. The van der Waals surface area contributed by atoms with E-state index in [1.165, 1.54) is 4.88 Å². The molecule has 0 aliphatic rings. The number of thiophene rings is 1. The minimum Gasteiger partial charge on any atom is -0.389 e. The number of ether oxygens (including phenoxy) is 1. The van der Waals surface area contributed by atoms with Crippen molar-refractivity contribution < 1.29 is 9.84 Å². The Morgan fingerprint density at radius 3 is 2.57 bits per heavy atom. The van der Waals surface area contributed by atoms with E-state index in [1.807, 2.05) is 17.5 Å². The van der Waals surface area contributed by atoms with Gasteiger partial charge in [-0.15, -0.1) is 11.3 Å². The van der Waals surface area contributed by atoms with Gasteiger partial charge in [0.05, 0.1) is 19.3 Å². The lowest BCUT2D eigenvalue weighted by Crippen LogP contribution is -2.42. The molecule has 0 aliphatic heterocycles. The van der Waals surface area contributed by atoms with E-state index in [0.29, 0.717) is 31.8 Å². The fraction of sp³-hybridized carbons (Fsp3) is 0.750. The van der Waals surface area contributed by atoms with E-state index < -0.39 is 6.10 Å². The third-order valence-electron chi connectivity index (χ3n) is 3.39. The largest absolute Gasteiger partial charge is 0.389 e. The maximum Gasteiger partial charge on any atom is 0.0897 e. The van der Waals surface area contributed by atoms with E-state index in [-0.39, 0.29) is 0 Å². The van der Waals surface area contributed by atoms with E-state index >= 15 is 0 Å². The molecule has 0 aliphatic carbocycles. The molecule has 0 amide bonds. The van der Waals surface area contributed by atoms with Crippen LogP contribution in [0.25, 0.3) is 0 Å². The van der Waals surface area contributed by atoms with Gasteiger partial charge in [-0.25, -0.2) is 0 Å². The van der Waals surface area contributed by atoms with Crippen LogP contribution < -0.4 is 5.32 Å². The number of hydrogen-bond donors (Lipinski definition) is 2. The number of nitrogens with zero attached hydrogens (tertiary/aromatic N) is 1. The summed E-state index contributed by atoms with van der Waals surface area (Å²) < 4.78 is 5.50. The first-order valence-corrected chi connectivity index (χ1v) is 8.63. The SMILES string of the molecule is CC(C)N(CCNCC(O)COCc1cccs1)C(C)C. The van der Waals surface area contributed by atoms with Crippen molar-refractivity contribution in [3.05, 3.63) is 22.4 Å². The highest BCUT2D eigenvalue weighted by atomic mass is 32.1. The third-order valence-corrected chi connectivity index (χ3v) is 4.24. The summed E-state index contributed by atoms with van der Waals surface area (Å²) in [4.78, 5) is 3.63. The van der Waals surface area contributed by atoms with Gasteiger partial charge in [0.15, 0.2) is 0 Å². The zero-order valence-electron chi connectivity index (χ0n) is 13.7. The standard InChI is InChI=1S/C16H30N2O2S/c1-13(2)18(14(3)4)8-7-17-10-15(19)11-20-12-16-6-5-9-21-16/h5-6,9,13-15,17,19H,7-8,10-12H2,1-4H3. The first-order valence-electron chi connectivity index (χ1n) is 7.75. The molecule has 2 N–H and O–H groups in total. The van der Waals surface area contributed by atoms with Gasteiger partial charge in [0.2, 0.25) is 0 Å². The third kappa shape index (κ3) is 7.93. The molecular formula is C16H30N2O2S. The number of aliphatic hydroxyl groups excluding tert-OH is 1. The highest BCUT2D eigenvalue weighted by molar-refractivity contribution is 7.09. The number of aliphatic hydroxyl groups is 1. The Morgan fingerprint density at radius 2 is 2.00 bits per heavy atom. The van der Waals surface area contributed by atoms with E-state index in [9.17, 15) is 5.11 Å². The average molecular weight is 314 g/mol. The van der Waals surface area contributed by atoms with Crippen molar-refractivity contribution in [3.8, 4) is 0 Å². The maximum atomic E-state index is 9.86. The predicted molar refractivity (Wildman–Crippen MR) is 89.8 cm³/mol. The van der Waals surface area contributed by atoms with Gasteiger partial charge in [0.1, 0.15) is 0 Å². The summed E-state index contributed by atoms with van der Waals surface area (Å²) in [6.07, 6.45) is -0.448. The molecule has 0 aromatic carbocycles. The average Bonchev–Trinajstić information content (AvgIpc) is 2.90. The van der Waals surface area contributed by atoms with Gasteiger partial charge in [-0.3, -0.25) is 4.90 Å². The summed E-state index contributed by atoms with van der Waals surface area (Å²) in [6.45, 7) is 12.3. The molecule has 0 radical (unpaired) electrons. The quantitative estimate of drug-likeness (QED) is 0.615. The van der Waals surface area contributed by atoms with Crippen LogP contribution in [0.5, 0.6) is 0 Å². The van der Waals surface area contributed by atoms with Crippen molar-refractivity contribution in [2.75, 3.05) is 26.2 Å². The lowest BCUT2D eigenvalue weighted by Gasteiger charge is -2.30. The second-order valence-electron chi connectivity index (χ2n) is 5.88. The molecule has 1 rings (SSSR count). The molecule has 0 spiro atoms. The molecule has 0 fully saturated rings. The zero-order valence-corrected chi connectivity index (χ0v) is 14.5. The van der Waals surface area contributed by atoms with Crippen molar-refractivity contribution in [2.45, 2.75) is 52.5 Å². The van der Waals surface area contributed by atoms with Crippen molar-refractivity contribution in [1.29, 1.82) is 0 Å².